The molecule has 0 aromatic heterocycles. The minimum absolute atomic E-state index is 0.314. The molecule has 0 aliphatic carbocycles. The zero-order valence-electron chi connectivity index (χ0n) is 10.0. The number of Topliss-reactive ketones (excluding diaryl/α,β-unsaturated/α-hetero) is 1. The van der Waals surface area contributed by atoms with Crippen LogP contribution in [0.5, 0.6) is 0 Å². The van der Waals surface area contributed by atoms with Gasteiger partial charge in [-0.1, -0.05) is 6.92 Å². The summed E-state index contributed by atoms with van der Waals surface area (Å²) in [7, 11) is 7.87. The molecule has 0 heterocycles. The molecule has 0 spiro atoms. The average Bonchev–Trinajstić information content (AvgIpc) is 2.02. The number of carbonyl (C=O) groups is 1. The van der Waals surface area contributed by atoms with Crippen molar-refractivity contribution in [2.45, 2.75) is 26.2 Å². The first-order valence-corrected chi connectivity index (χ1v) is 5.03. The van der Waals surface area contributed by atoms with Gasteiger partial charge in [0, 0.05) is 52.9 Å². The number of hydrogen-bond donors (Lipinski definition) is 0. The molecule has 0 radical (unpaired) electrons. The Bertz CT molecular complexity index is 207. The Morgan fingerprint density at radius 2 is 1.79 bits per heavy atom. The van der Waals surface area contributed by atoms with Crippen LogP contribution < -0.4 is 0 Å². The third kappa shape index (κ3) is 5.62. The highest BCUT2D eigenvalue weighted by Crippen LogP contribution is 2.08. The molecule has 0 saturated carbocycles. The third-order valence-electron chi connectivity index (χ3n) is 1.89. The summed E-state index contributed by atoms with van der Waals surface area (Å²) in [6, 6.07) is 0. The van der Waals surface area contributed by atoms with Gasteiger partial charge in [0.05, 0.1) is 0 Å². The molecule has 0 saturated heterocycles. The highest BCUT2D eigenvalue weighted by atomic mass is 16.1. The third-order valence-corrected chi connectivity index (χ3v) is 1.89. The number of hydrogen-bond acceptors (Lipinski definition) is 3. The largest absolute Gasteiger partial charge is 0.382 e. The van der Waals surface area contributed by atoms with Crippen molar-refractivity contribution in [3.8, 4) is 0 Å². The molecule has 0 rings (SSSR count). The molecule has 0 bridgehead atoms. The molecule has 0 N–H and O–H groups in total. The van der Waals surface area contributed by atoms with E-state index < -0.39 is 0 Å². The minimum Gasteiger partial charge on any atom is -0.382 e. The van der Waals surface area contributed by atoms with Crippen LogP contribution in [0.2, 0.25) is 0 Å². The Balaban J connectivity index is 4.31. The van der Waals surface area contributed by atoms with Gasteiger partial charge in [-0.3, -0.25) is 4.79 Å². The molecule has 0 aromatic carbocycles. The molecule has 3 nitrogen and oxygen atoms in total. The number of ketones is 1. The Kier molecular flexibility index (Phi) is 6.00. The summed E-state index contributed by atoms with van der Waals surface area (Å²) in [6.07, 6.45) is 4.15. The fraction of sp³-hybridized carbons (Fsp3) is 0.727. The van der Waals surface area contributed by atoms with E-state index in [1.54, 1.807) is 0 Å². The minimum atomic E-state index is 0.314. The smallest absolute Gasteiger partial charge is 0.138 e. The maximum atomic E-state index is 11.5. The molecule has 82 valence electrons. The highest BCUT2D eigenvalue weighted by molar-refractivity contribution is 5.80. The van der Waals surface area contributed by atoms with Crippen molar-refractivity contribution in [2.24, 2.45) is 0 Å². The lowest BCUT2D eigenvalue weighted by Gasteiger charge is -2.19. The predicted octanol–water partition coefficient (Wildman–Crippen LogP) is 1.71. The van der Waals surface area contributed by atoms with E-state index >= 15 is 0 Å². The molecular weight excluding hydrogens is 176 g/mol. The molecular formula is C11H22N2O. The van der Waals surface area contributed by atoms with Gasteiger partial charge in [-0.15, -0.1) is 0 Å². The zero-order chi connectivity index (χ0) is 11.1. The number of nitrogens with zero attached hydrogens (tertiary/aromatic N) is 2. The van der Waals surface area contributed by atoms with Gasteiger partial charge >= 0.3 is 0 Å². The van der Waals surface area contributed by atoms with Crippen LogP contribution in [0.1, 0.15) is 26.2 Å². The van der Waals surface area contributed by atoms with Crippen LogP contribution in [0.25, 0.3) is 0 Å². The molecule has 0 atom stereocenters. The Morgan fingerprint density at radius 1 is 1.21 bits per heavy atom. The number of rotatable bonds is 6. The van der Waals surface area contributed by atoms with E-state index in [9.17, 15) is 4.79 Å². The van der Waals surface area contributed by atoms with Crippen molar-refractivity contribution in [1.82, 2.24) is 9.80 Å². The van der Waals surface area contributed by atoms with E-state index in [4.69, 9.17) is 0 Å². The summed E-state index contributed by atoms with van der Waals surface area (Å²) in [4.78, 5) is 15.4. The SMILES string of the molecule is CCCC(=O)CC(=CN(C)C)N(C)C. The van der Waals surface area contributed by atoms with Crippen molar-refractivity contribution in [1.29, 1.82) is 0 Å². The number of carbonyl (C=O) groups excluding carboxylic acids is 1. The summed E-state index contributed by atoms with van der Waals surface area (Å²) in [5.74, 6) is 0.314. The van der Waals surface area contributed by atoms with E-state index in [1.165, 1.54) is 0 Å². The molecule has 0 aromatic rings. The van der Waals surface area contributed by atoms with Crippen LogP contribution in [0, 0.1) is 0 Å². The van der Waals surface area contributed by atoms with Crippen molar-refractivity contribution in [2.75, 3.05) is 28.2 Å². The monoisotopic (exact) mass is 198 g/mol. The predicted molar refractivity (Wildman–Crippen MR) is 60.0 cm³/mol. The quantitative estimate of drug-likeness (QED) is 0.649. The lowest BCUT2D eigenvalue weighted by atomic mass is 10.1. The van der Waals surface area contributed by atoms with Crippen molar-refractivity contribution < 1.29 is 4.79 Å². The van der Waals surface area contributed by atoms with Crippen molar-refractivity contribution in [3.05, 3.63) is 11.9 Å². The van der Waals surface area contributed by atoms with Crippen LogP contribution in [0.15, 0.2) is 11.9 Å². The Hall–Kier alpha value is -0.990. The van der Waals surface area contributed by atoms with Gasteiger partial charge in [-0.25, -0.2) is 0 Å². The first-order chi connectivity index (χ1) is 6.47. The summed E-state index contributed by atoms with van der Waals surface area (Å²) >= 11 is 0. The first kappa shape index (κ1) is 13.0. The van der Waals surface area contributed by atoms with Gasteiger partial charge in [0.1, 0.15) is 5.78 Å². The van der Waals surface area contributed by atoms with Crippen molar-refractivity contribution in [3.63, 3.8) is 0 Å². The van der Waals surface area contributed by atoms with E-state index in [-0.39, 0.29) is 0 Å². The molecule has 0 amide bonds. The second-order valence-electron chi connectivity index (χ2n) is 3.94. The summed E-state index contributed by atoms with van der Waals surface area (Å²) in [5, 5.41) is 0. The number of allylic oxidation sites excluding steroid dienone is 1. The topological polar surface area (TPSA) is 23.6 Å². The summed E-state index contributed by atoms with van der Waals surface area (Å²) in [6.45, 7) is 2.03. The van der Waals surface area contributed by atoms with E-state index in [1.807, 2.05) is 51.1 Å². The molecule has 0 aliphatic heterocycles. The molecule has 0 unspecified atom stereocenters. The van der Waals surface area contributed by atoms with Crippen LogP contribution in [-0.4, -0.2) is 43.8 Å². The van der Waals surface area contributed by atoms with Gasteiger partial charge in [-0.05, 0) is 6.42 Å². The van der Waals surface area contributed by atoms with Crippen LogP contribution >= 0.6 is 0 Å². The maximum absolute atomic E-state index is 11.5. The Morgan fingerprint density at radius 3 is 2.14 bits per heavy atom. The van der Waals surface area contributed by atoms with Gasteiger partial charge < -0.3 is 9.80 Å². The van der Waals surface area contributed by atoms with E-state index in [2.05, 4.69) is 0 Å². The van der Waals surface area contributed by atoms with Crippen LogP contribution in [0.3, 0.4) is 0 Å². The Labute approximate surface area is 87.4 Å². The van der Waals surface area contributed by atoms with Gasteiger partial charge in [-0.2, -0.15) is 0 Å². The van der Waals surface area contributed by atoms with Crippen LogP contribution in [-0.2, 0) is 4.79 Å². The highest BCUT2D eigenvalue weighted by Gasteiger charge is 2.07. The fourth-order valence-electron chi connectivity index (χ4n) is 1.19. The van der Waals surface area contributed by atoms with Gasteiger partial charge in [0.15, 0.2) is 0 Å². The summed E-state index contributed by atoms with van der Waals surface area (Å²) < 4.78 is 0. The molecule has 0 fully saturated rings. The maximum Gasteiger partial charge on any atom is 0.138 e. The van der Waals surface area contributed by atoms with Gasteiger partial charge in [0.25, 0.3) is 0 Å². The van der Waals surface area contributed by atoms with Gasteiger partial charge in [0.2, 0.25) is 0 Å². The standard InChI is InChI=1S/C11H22N2O/c1-6-7-11(14)8-10(13(4)5)9-12(2)3/h9H,6-8H2,1-5H3. The van der Waals surface area contributed by atoms with Crippen molar-refractivity contribution >= 4 is 5.78 Å². The lowest BCUT2D eigenvalue weighted by Crippen LogP contribution is -2.18. The molecule has 14 heavy (non-hydrogen) atoms. The van der Waals surface area contributed by atoms with E-state index in [0.717, 1.165) is 12.1 Å². The summed E-state index contributed by atoms with van der Waals surface area (Å²) in [5.41, 5.74) is 1.06. The second-order valence-corrected chi connectivity index (χ2v) is 3.94. The first-order valence-electron chi connectivity index (χ1n) is 5.03. The molecule has 0 aliphatic rings. The molecule has 3 heteroatoms. The fourth-order valence-corrected chi connectivity index (χ4v) is 1.19. The average molecular weight is 198 g/mol. The van der Waals surface area contributed by atoms with E-state index in [0.29, 0.717) is 18.6 Å². The lowest BCUT2D eigenvalue weighted by molar-refractivity contribution is -0.118. The second kappa shape index (κ2) is 6.46. The zero-order valence-corrected chi connectivity index (χ0v) is 10.0. The normalized spacial score (nSPS) is 11.4. The van der Waals surface area contributed by atoms with Crippen LogP contribution in [0.4, 0.5) is 0 Å².